The van der Waals surface area contributed by atoms with Crippen LogP contribution in [0.5, 0.6) is 0 Å². The van der Waals surface area contributed by atoms with Crippen molar-refractivity contribution in [3.63, 3.8) is 0 Å². The van der Waals surface area contributed by atoms with E-state index in [1.54, 1.807) is 18.2 Å². The Kier molecular flexibility index (Phi) is 3.58. The zero-order valence-electron chi connectivity index (χ0n) is 13.5. The van der Waals surface area contributed by atoms with Gasteiger partial charge in [0.25, 0.3) is 0 Å². The highest BCUT2D eigenvalue weighted by atomic mass is 16.5. The Morgan fingerprint density at radius 3 is 2.24 bits per heavy atom. The Morgan fingerprint density at radius 2 is 1.52 bits per heavy atom. The Labute approximate surface area is 144 Å². The van der Waals surface area contributed by atoms with Gasteiger partial charge in [-0.05, 0) is 29.3 Å². The molecule has 4 heteroatoms. The fourth-order valence-electron chi connectivity index (χ4n) is 3.01. The second-order valence-corrected chi connectivity index (χ2v) is 5.68. The van der Waals surface area contributed by atoms with Gasteiger partial charge in [0.15, 0.2) is 5.76 Å². The lowest BCUT2D eigenvalue weighted by atomic mass is 10.0. The molecule has 0 spiro atoms. The van der Waals surface area contributed by atoms with Crippen LogP contribution in [0.4, 0.5) is 0 Å². The molecule has 2 aromatic rings. The molecular formula is C21H14O4. The van der Waals surface area contributed by atoms with Crippen LogP contribution in [-0.2, 0) is 4.74 Å². The van der Waals surface area contributed by atoms with Gasteiger partial charge in [0.1, 0.15) is 5.58 Å². The van der Waals surface area contributed by atoms with Crippen molar-refractivity contribution in [1.82, 2.24) is 0 Å². The molecule has 2 aliphatic rings. The molecule has 0 saturated heterocycles. The van der Waals surface area contributed by atoms with E-state index in [4.69, 9.17) is 9.15 Å². The highest BCUT2D eigenvalue weighted by molar-refractivity contribution is 6.16. The molecule has 0 atom stereocenters. The topological polar surface area (TPSA) is 56.5 Å². The van der Waals surface area contributed by atoms with E-state index in [2.05, 4.69) is 0 Å². The second-order valence-electron chi connectivity index (χ2n) is 5.68. The highest BCUT2D eigenvalue weighted by Crippen LogP contribution is 2.34. The lowest BCUT2D eigenvalue weighted by Gasteiger charge is -2.00. The van der Waals surface area contributed by atoms with Crippen molar-refractivity contribution in [3.05, 3.63) is 83.6 Å². The number of esters is 1. The smallest absolute Gasteiger partial charge is 0.338 e. The number of furan rings is 1. The molecule has 1 heterocycles. The third-order valence-electron chi connectivity index (χ3n) is 4.21. The summed E-state index contributed by atoms with van der Waals surface area (Å²) in [5, 5.41) is 0.862. The molecule has 0 N–H and O–H groups in total. The molecule has 0 unspecified atom stereocenters. The van der Waals surface area contributed by atoms with Crippen LogP contribution in [0.3, 0.4) is 0 Å². The first-order chi connectivity index (χ1) is 12.2. The lowest BCUT2D eigenvalue weighted by Crippen LogP contribution is -2.00. The van der Waals surface area contributed by atoms with Crippen LogP contribution in [0.1, 0.15) is 26.5 Å². The highest BCUT2D eigenvalue weighted by Gasteiger charge is 2.26. The molecule has 2 aliphatic carbocycles. The third-order valence-corrected chi connectivity index (χ3v) is 4.21. The van der Waals surface area contributed by atoms with E-state index in [1.165, 1.54) is 7.11 Å². The minimum atomic E-state index is -0.472. The number of ether oxygens (including phenoxy) is 1. The number of carbonyl (C=O) groups is 2. The van der Waals surface area contributed by atoms with Crippen LogP contribution in [0.25, 0.3) is 22.1 Å². The quantitative estimate of drug-likeness (QED) is 0.408. The van der Waals surface area contributed by atoms with Crippen LogP contribution in [0.2, 0.25) is 0 Å². The maximum atomic E-state index is 13.0. The summed E-state index contributed by atoms with van der Waals surface area (Å²) in [6.07, 6.45) is 0. The second kappa shape index (κ2) is 5.91. The van der Waals surface area contributed by atoms with Gasteiger partial charge in [-0.2, -0.15) is 0 Å². The van der Waals surface area contributed by atoms with Crippen molar-refractivity contribution in [1.29, 1.82) is 0 Å². The molecule has 0 saturated carbocycles. The van der Waals surface area contributed by atoms with Crippen LogP contribution < -0.4 is 0 Å². The number of benzene rings is 1. The summed E-state index contributed by atoms with van der Waals surface area (Å²) < 4.78 is 10.5. The molecule has 0 bridgehead atoms. The number of rotatable bonds is 3. The molecule has 0 aliphatic heterocycles. The van der Waals surface area contributed by atoms with Crippen LogP contribution in [0.15, 0.2) is 71.1 Å². The van der Waals surface area contributed by atoms with E-state index in [0.29, 0.717) is 27.8 Å². The van der Waals surface area contributed by atoms with E-state index in [9.17, 15) is 9.59 Å². The van der Waals surface area contributed by atoms with Gasteiger partial charge in [-0.25, -0.2) is 4.79 Å². The fraction of sp³-hybridized carbons (Fsp3) is 0.0476. The molecule has 0 amide bonds. The number of carbonyl (C=O) groups excluding carboxylic acids is 2. The van der Waals surface area contributed by atoms with E-state index >= 15 is 0 Å². The van der Waals surface area contributed by atoms with Gasteiger partial charge < -0.3 is 9.15 Å². The molecule has 4 nitrogen and oxygen atoms in total. The predicted octanol–water partition coefficient (Wildman–Crippen LogP) is 4.56. The summed E-state index contributed by atoms with van der Waals surface area (Å²) in [4.78, 5) is 25.1. The van der Waals surface area contributed by atoms with Gasteiger partial charge in [-0.15, -0.1) is 0 Å². The van der Waals surface area contributed by atoms with Gasteiger partial charge in [0.2, 0.25) is 5.78 Å². The van der Waals surface area contributed by atoms with Gasteiger partial charge in [0.05, 0.1) is 12.7 Å². The number of ketones is 1. The Bertz CT molecular complexity index is 1040. The summed E-state index contributed by atoms with van der Waals surface area (Å²) in [6.45, 7) is 0. The van der Waals surface area contributed by atoms with Crippen molar-refractivity contribution in [2.24, 2.45) is 0 Å². The van der Waals surface area contributed by atoms with E-state index in [1.807, 2.05) is 48.5 Å². The van der Waals surface area contributed by atoms with E-state index in [0.717, 1.165) is 5.39 Å². The summed E-state index contributed by atoms with van der Waals surface area (Å²) in [7, 11) is 1.32. The Morgan fingerprint density at radius 1 is 0.840 bits per heavy atom. The minimum Gasteiger partial charge on any atom is -0.465 e. The molecule has 1 aromatic carbocycles. The first-order valence-electron chi connectivity index (χ1n) is 7.82. The van der Waals surface area contributed by atoms with Crippen molar-refractivity contribution >= 4 is 22.7 Å². The zero-order chi connectivity index (χ0) is 17.4. The standard InChI is InChI=1S/C21H14O4/c1-24-21(23)17-12-16(14-8-3-2-4-9-15(14)17)20(22)19-11-13-7-5-6-10-18(13)25-19/h2-12H,1H3. The average molecular weight is 330 g/mol. The number of para-hydroxylation sites is 1. The molecule has 1 aromatic heterocycles. The molecule has 4 rings (SSSR count). The summed E-state index contributed by atoms with van der Waals surface area (Å²) in [5.41, 5.74) is 2.81. The monoisotopic (exact) mass is 330 g/mol. The Balaban J connectivity index is 1.88. The van der Waals surface area contributed by atoms with Crippen LogP contribution in [-0.4, -0.2) is 18.9 Å². The minimum absolute atomic E-state index is 0.246. The average Bonchev–Trinajstić information content (AvgIpc) is 3.14. The van der Waals surface area contributed by atoms with Crippen molar-refractivity contribution < 1.29 is 18.7 Å². The van der Waals surface area contributed by atoms with Crippen molar-refractivity contribution in [3.8, 4) is 11.1 Å². The first kappa shape index (κ1) is 15.1. The summed E-state index contributed by atoms with van der Waals surface area (Å²) in [5.74, 6) is -0.488. The predicted molar refractivity (Wildman–Crippen MR) is 94.1 cm³/mol. The van der Waals surface area contributed by atoms with Gasteiger partial charge >= 0.3 is 5.97 Å². The van der Waals surface area contributed by atoms with Crippen molar-refractivity contribution in [2.75, 3.05) is 7.11 Å². The van der Waals surface area contributed by atoms with Gasteiger partial charge in [0, 0.05) is 10.9 Å². The molecule has 25 heavy (non-hydrogen) atoms. The first-order valence-corrected chi connectivity index (χ1v) is 7.82. The number of methoxy groups -OCH3 is 1. The Hall–Kier alpha value is -3.40. The summed E-state index contributed by atoms with van der Waals surface area (Å²) >= 11 is 0. The lowest BCUT2D eigenvalue weighted by molar-refractivity contribution is 0.0602. The summed E-state index contributed by atoms with van der Waals surface area (Å²) in [6, 6.07) is 19.9. The SMILES string of the molecule is COC(=O)c1cc(C(=O)c2cc3ccccc3o2)c2cccccc1-2. The maximum absolute atomic E-state index is 13.0. The van der Waals surface area contributed by atoms with Crippen molar-refractivity contribution in [2.45, 2.75) is 0 Å². The molecule has 0 fully saturated rings. The van der Waals surface area contributed by atoms with Gasteiger partial charge in [-0.3, -0.25) is 4.79 Å². The zero-order valence-corrected chi connectivity index (χ0v) is 13.5. The normalized spacial score (nSPS) is 10.9. The third kappa shape index (κ3) is 2.48. The fourth-order valence-corrected chi connectivity index (χ4v) is 3.01. The maximum Gasteiger partial charge on any atom is 0.338 e. The van der Waals surface area contributed by atoms with Crippen LogP contribution >= 0.6 is 0 Å². The molecule has 122 valence electrons. The molecular weight excluding hydrogens is 316 g/mol. The van der Waals surface area contributed by atoms with Gasteiger partial charge in [-0.1, -0.05) is 48.5 Å². The number of fused-ring (bicyclic) bond motifs is 2. The van der Waals surface area contributed by atoms with Crippen LogP contribution in [0, 0.1) is 0 Å². The number of hydrogen-bond donors (Lipinski definition) is 0. The van der Waals surface area contributed by atoms with E-state index < -0.39 is 5.97 Å². The van der Waals surface area contributed by atoms with E-state index in [-0.39, 0.29) is 11.5 Å². The number of hydrogen-bond acceptors (Lipinski definition) is 4. The molecule has 0 radical (unpaired) electrons. The largest absolute Gasteiger partial charge is 0.465 e.